The number of hydrogen-bond acceptors (Lipinski definition) is 6. The Hall–Kier alpha value is -2.39. The minimum absolute atomic E-state index is 0.0750. The van der Waals surface area contributed by atoms with Crippen LogP contribution in [0, 0.1) is 0 Å². The molecule has 0 aliphatic carbocycles. The zero-order valence-corrected chi connectivity index (χ0v) is 16.0. The summed E-state index contributed by atoms with van der Waals surface area (Å²) >= 11 is 0. The predicted octanol–water partition coefficient (Wildman–Crippen LogP) is 1.21. The van der Waals surface area contributed by atoms with Crippen LogP contribution in [0.5, 0.6) is 5.75 Å². The van der Waals surface area contributed by atoms with Crippen LogP contribution in [0.15, 0.2) is 45.2 Å². The van der Waals surface area contributed by atoms with Crippen molar-refractivity contribution < 1.29 is 13.2 Å². The molecule has 0 unspecified atom stereocenters. The molecule has 2 aliphatic heterocycles. The van der Waals surface area contributed by atoms with E-state index >= 15 is 0 Å². The lowest BCUT2D eigenvalue weighted by Crippen LogP contribution is -2.34. The molecule has 9 heteroatoms. The minimum Gasteiger partial charge on any atom is -0.490 e. The van der Waals surface area contributed by atoms with Gasteiger partial charge in [-0.3, -0.25) is 4.90 Å². The second kappa shape index (κ2) is 9.01. The zero-order chi connectivity index (χ0) is 19.1. The first-order valence-corrected chi connectivity index (χ1v) is 10.5. The molecule has 2 heterocycles. The highest BCUT2D eigenvalue weighted by Gasteiger charge is 2.20. The maximum Gasteiger partial charge on any atom is 0.367 e. The SMILES string of the molecule is NC1=NS(=O)(=O)N=C1NC/C=C\COc1cccc(CN2CCCCC2)c1. The molecule has 2 aliphatic rings. The van der Waals surface area contributed by atoms with Crippen molar-refractivity contribution in [1.29, 1.82) is 0 Å². The van der Waals surface area contributed by atoms with E-state index in [1.54, 1.807) is 0 Å². The number of benzene rings is 1. The van der Waals surface area contributed by atoms with Crippen molar-refractivity contribution in [3.63, 3.8) is 0 Å². The molecule has 146 valence electrons. The Morgan fingerprint density at radius 1 is 1.19 bits per heavy atom. The first-order chi connectivity index (χ1) is 13.0. The van der Waals surface area contributed by atoms with Gasteiger partial charge in [-0.2, -0.15) is 8.42 Å². The van der Waals surface area contributed by atoms with E-state index in [1.807, 2.05) is 24.3 Å². The monoisotopic (exact) mass is 391 g/mol. The summed E-state index contributed by atoms with van der Waals surface area (Å²) in [5.41, 5.74) is 6.74. The smallest absolute Gasteiger partial charge is 0.367 e. The van der Waals surface area contributed by atoms with Gasteiger partial charge >= 0.3 is 10.2 Å². The van der Waals surface area contributed by atoms with Crippen molar-refractivity contribution in [2.24, 2.45) is 14.5 Å². The topological polar surface area (TPSA) is 109 Å². The summed E-state index contributed by atoms with van der Waals surface area (Å²) in [5.74, 6) is 0.793. The lowest BCUT2D eigenvalue weighted by molar-refractivity contribution is 0.220. The number of amidine groups is 2. The number of piperidine rings is 1. The fourth-order valence-electron chi connectivity index (χ4n) is 3.03. The summed E-state index contributed by atoms with van der Waals surface area (Å²) in [7, 11) is -3.81. The Kier molecular flexibility index (Phi) is 6.46. The largest absolute Gasteiger partial charge is 0.490 e. The standard InChI is InChI=1S/C18H25N5O3S/c19-17-18(22-27(24,25)21-17)20-9-2-5-12-26-16-8-6-7-15(13-16)14-23-10-3-1-4-11-23/h2,5-8,13H,1,3-4,9-12,14H2,(H2,19,21)(H,20,22)/b5-2-. The highest BCUT2D eigenvalue weighted by atomic mass is 32.2. The van der Waals surface area contributed by atoms with E-state index in [2.05, 4.69) is 31.1 Å². The summed E-state index contributed by atoms with van der Waals surface area (Å²) in [5, 5.41) is 2.81. The number of nitrogens with one attached hydrogen (secondary N) is 1. The Morgan fingerprint density at radius 2 is 2.00 bits per heavy atom. The Balaban J connectivity index is 1.40. The van der Waals surface area contributed by atoms with E-state index in [0.717, 1.165) is 12.3 Å². The molecule has 0 amide bonds. The third-order valence-electron chi connectivity index (χ3n) is 4.32. The number of nitrogens with zero attached hydrogens (tertiary/aromatic N) is 3. The van der Waals surface area contributed by atoms with Gasteiger partial charge in [0, 0.05) is 13.1 Å². The second-order valence-electron chi connectivity index (χ2n) is 6.51. The number of ether oxygens (including phenoxy) is 1. The summed E-state index contributed by atoms with van der Waals surface area (Å²) in [6.45, 7) is 4.10. The first-order valence-electron chi connectivity index (χ1n) is 9.05. The third-order valence-corrected chi connectivity index (χ3v) is 5.16. The highest BCUT2D eigenvalue weighted by molar-refractivity contribution is 7.89. The molecule has 0 atom stereocenters. The molecule has 8 nitrogen and oxygen atoms in total. The van der Waals surface area contributed by atoms with E-state index < -0.39 is 10.2 Å². The molecule has 1 aromatic carbocycles. The predicted molar refractivity (Wildman–Crippen MR) is 106 cm³/mol. The van der Waals surface area contributed by atoms with Crippen molar-refractivity contribution in [2.45, 2.75) is 25.8 Å². The van der Waals surface area contributed by atoms with Crippen molar-refractivity contribution in [1.82, 2.24) is 10.2 Å². The lowest BCUT2D eigenvalue weighted by Gasteiger charge is -2.26. The van der Waals surface area contributed by atoms with Gasteiger partial charge in [0.1, 0.15) is 12.4 Å². The van der Waals surface area contributed by atoms with Gasteiger partial charge in [0.15, 0.2) is 11.7 Å². The molecule has 1 fully saturated rings. The van der Waals surface area contributed by atoms with Crippen LogP contribution < -0.4 is 15.8 Å². The van der Waals surface area contributed by atoms with Crippen LogP contribution in [0.4, 0.5) is 0 Å². The molecule has 0 aromatic heterocycles. The molecule has 27 heavy (non-hydrogen) atoms. The minimum atomic E-state index is -3.81. The molecule has 1 aromatic rings. The molecule has 0 radical (unpaired) electrons. The summed E-state index contributed by atoms with van der Waals surface area (Å²) in [4.78, 5) is 2.48. The second-order valence-corrected chi connectivity index (χ2v) is 7.77. The number of rotatable bonds is 7. The lowest BCUT2D eigenvalue weighted by atomic mass is 10.1. The summed E-state index contributed by atoms with van der Waals surface area (Å²) < 4.78 is 34.7. The van der Waals surface area contributed by atoms with E-state index in [1.165, 1.54) is 37.9 Å². The van der Waals surface area contributed by atoms with Gasteiger partial charge in [0.25, 0.3) is 0 Å². The average molecular weight is 391 g/mol. The van der Waals surface area contributed by atoms with Crippen molar-refractivity contribution in [3.05, 3.63) is 42.0 Å². The number of likely N-dealkylation sites (tertiary alicyclic amines) is 1. The molecule has 1 saturated heterocycles. The number of nitrogens with two attached hydrogens (primary N) is 1. The molecule has 0 spiro atoms. The Morgan fingerprint density at radius 3 is 2.74 bits per heavy atom. The van der Waals surface area contributed by atoms with Gasteiger partial charge in [0.05, 0.1) is 0 Å². The van der Waals surface area contributed by atoms with E-state index in [4.69, 9.17) is 10.5 Å². The molecular formula is C18H25N5O3S. The van der Waals surface area contributed by atoms with Crippen molar-refractivity contribution >= 4 is 21.9 Å². The van der Waals surface area contributed by atoms with Crippen LogP contribution in [0.25, 0.3) is 0 Å². The van der Waals surface area contributed by atoms with E-state index in [-0.39, 0.29) is 11.7 Å². The maximum atomic E-state index is 11.2. The summed E-state index contributed by atoms with van der Waals surface area (Å²) in [6, 6.07) is 8.17. The molecule has 0 saturated carbocycles. The maximum absolute atomic E-state index is 11.2. The zero-order valence-electron chi connectivity index (χ0n) is 15.2. The molecule has 3 N–H and O–H groups in total. The van der Waals surface area contributed by atoms with Crippen molar-refractivity contribution in [3.8, 4) is 5.75 Å². The van der Waals surface area contributed by atoms with Gasteiger partial charge in [-0.25, -0.2) is 0 Å². The average Bonchev–Trinajstić information content (AvgIpc) is 2.91. The quantitative estimate of drug-likeness (QED) is 0.676. The van der Waals surface area contributed by atoms with Gasteiger partial charge in [-0.1, -0.05) is 24.6 Å². The van der Waals surface area contributed by atoms with Crippen molar-refractivity contribution in [2.75, 3.05) is 26.2 Å². The third kappa shape index (κ3) is 6.07. The van der Waals surface area contributed by atoms with Crippen LogP contribution in [-0.4, -0.2) is 51.2 Å². The number of hydrogen-bond donors (Lipinski definition) is 2. The van der Waals surface area contributed by atoms with Crippen LogP contribution >= 0.6 is 0 Å². The fraction of sp³-hybridized carbons (Fsp3) is 0.444. The molecule has 3 rings (SSSR count). The molecular weight excluding hydrogens is 366 g/mol. The fourth-order valence-corrected chi connectivity index (χ4v) is 3.80. The highest BCUT2D eigenvalue weighted by Crippen LogP contribution is 2.17. The van der Waals surface area contributed by atoms with Crippen LogP contribution in [-0.2, 0) is 16.8 Å². The van der Waals surface area contributed by atoms with Gasteiger partial charge in [-0.15, -0.1) is 8.80 Å². The van der Waals surface area contributed by atoms with Gasteiger partial charge in [-0.05, 0) is 49.7 Å². The normalized spacial score (nSPS) is 19.7. The van der Waals surface area contributed by atoms with Gasteiger partial charge < -0.3 is 15.8 Å². The van der Waals surface area contributed by atoms with Crippen LogP contribution in [0.3, 0.4) is 0 Å². The summed E-state index contributed by atoms with van der Waals surface area (Å²) in [6.07, 6.45) is 7.57. The first kappa shape index (κ1) is 19.4. The van der Waals surface area contributed by atoms with Gasteiger partial charge in [0.2, 0.25) is 0 Å². The van der Waals surface area contributed by atoms with E-state index in [9.17, 15) is 8.42 Å². The van der Waals surface area contributed by atoms with Crippen LogP contribution in [0.1, 0.15) is 24.8 Å². The Bertz CT molecular complexity index is 842. The van der Waals surface area contributed by atoms with Crippen LogP contribution in [0.2, 0.25) is 0 Å². The molecule has 0 bridgehead atoms. The Labute approximate surface area is 160 Å². The van der Waals surface area contributed by atoms with E-state index in [0.29, 0.717) is 13.2 Å².